The Hall–Kier alpha value is -0.370. The third-order valence-electron chi connectivity index (χ3n) is 2.55. The fourth-order valence-corrected chi connectivity index (χ4v) is 1.74. The van der Waals surface area contributed by atoms with Crippen molar-refractivity contribution >= 4 is 0 Å². The van der Waals surface area contributed by atoms with Gasteiger partial charge in [0.2, 0.25) is 0 Å². The summed E-state index contributed by atoms with van der Waals surface area (Å²) in [5.41, 5.74) is 0. The Labute approximate surface area is 92.3 Å². The number of nitrogens with zero attached hydrogens (tertiary/aromatic N) is 2. The van der Waals surface area contributed by atoms with E-state index in [4.69, 9.17) is 5.11 Å². The van der Waals surface area contributed by atoms with Crippen molar-refractivity contribution in [3.8, 4) is 0 Å². The van der Waals surface area contributed by atoms with E-state index in [9.17, 15) is 18.3 Å². The Morgan fingerprint density at radius 1 is 1.06 bits per heavy atom. The molecule has 4 nitrogen and oxygen atoms in total. The Morgan fingerprint density at radius 2 is 1.56 bits per heavy atom. The Morgan fingerprint density at radius 3 is 2.00 bits per heavy atom. The molecule has 1 aliphatic heterocycles. The average Bonchev–Trinajstić information content (AvgIpc) is 2.18. The lowest BCUT2D eigenvalue weighted by Gasteiger charge is -2.35. The second kappa shape index (κ2) is 5.81. The monoisotopic (exact) mass is 242 g/mol. The van der Waals surface area contributed by atoms with Gasteiger partial charge in [0.05, 0.1) is 19.3 Å². The third kappa shape index (κ3) is 5.11. The zero-order valence-corrected chi connectivity index (χ0v) is 8.95. The van der Waals surface area contributed by atoms with Crippen molar-refractivity contribution in [1.29, 1.82) is 0 Å². The number of piperazine rings is 1. The molecule has 1 heterocycles. The van der Waals surface area contributed by atoms with Gasteiger partial charge in [-0.05, 0) is 0 Å². The van der Waals surface area contributed by atoms with E-state index in [1.165, 1.54) is 4.90 Å². The highest BCUT2D eigenvalue weighted by Crippen LogP contribution is 2.17. The number of hydrogen-bond donors (Lipinski definition) is 2. The van der Waals surface area contributed by atoms with Gasteiger partial charge in [-0.3, -0.25) is 9.80 Å². The van der Waals surface area contributed by atoms with Gasteiger partial charge in [0, 0.05) is 32.7 Å². The van der Waals surface area contributed by atoms with E-state index in [0.717, 1.165) is 0 Å². The fraction of sp³-hybridized carbons (Fsp3) is 1.00. The van der Waals surface area contributed by atoms with Crippen LogP contribution >= 0.6 is 0 Å². The van der Waals surface area contributed by atoms with Gasteiger partial charge in [0.1, 0.15) is 0 Å². The molecule has 16 heavy (non-hydrogen) atoms. The lowest BCUT2D eigenvalue weighted by atomic mass is 10.2. The first-order valence-corrected chi connectivity index (χ1v) is 5.21. The number of aliphatic hydroxyl groups is 2. The SMILES string of the molecule is OCC(O)CN1CCN(CC(F)(F)F)CC1. The van der Waals surface area contributed by atoms with E-state index in [1.54, 1.807) is 0 Å². The molecule has 1 rings (SSSR count). The Kier molecular flexibility index (Phi) is 4.97. The lowest BCUT2D eigenvalue weighted by molar-refractivity contribution is -0.149. The second-order valence-corrected chi connectivity index (χ2v) is 4.03. The molecule has 1 fully saturated rings. The minimum absolute atomic E-state index is 0.316. The van der Waals surface area contributed by atoms with Crippen LogP contribution < -0.4 is 0 Å². The van der Waals surface area contributed by atoms with Crippen LogP contribution in [0.3, 0.4) is 0 Å². The van der Waals surface area contributed by atoms with E-state index in [1.807, 2.05) is 4.90 Å². The summed E-state index contributed by atoms with van der Waals surface area (Å²) in [6.45, 7) is 0.804. The molecule has 0 aliphatic carbocycles. The number of halogens is 3. The first kappa shape index (κ1) is 13.7. The predicted octanol–water partition coefficient (Wildman–Crippen LogP) is -0.481. The summed E-state index contributed by atoms with van der Waals surface area (Å²) >= 11 is 0. The topological polar surface area (TPSA) is 46.9 Å². The third-order valence-corrected chi connectivity index (χ3v) is 2.55. The van der Waals surface area contributed by atoms with Crippen LogP contribution in [0, 0.1) is 0 Å². The molecule has 0 aromatic heterocycles. The van der Waals surface area contributed by atoms with Crippen molar-refractivity contribution in [2.75, 3.05) is 45.9 Å². The zero-order valence-electron chi connectivity index (χ0n) is 8.95. The first-order valence-electron chi connectivity index (χ1n) is 5.21. The molecule has 1 saturated heterocycles. The van der Waals surface area contributed by atoms with Gasteiger partial charge in [-0.1, -0.05) is 0 Å². The minimum atomic E-state index is -4.15. The molecule has 96 valence electrons. The van der Waals surface area contributed by atoms with Gasteiger partial charge in [-0.2, -0.15) is 13.2 Å². The van der Waals surface area contributed by atoms with Crippen molar-refractivity contribution in [3.05, 3.63) is 0 Å². The van der Waals surface area contributed by atoms with E-state index >= 15 is 0 Å². The number of rotatable bonds is 4. The molecule has 0 saturated carbocycles. The molecule has 1 unspecified atom stereocenters. The summed E-state index contributed by atoms with van der Waals surface area (Å²) in [6, 6.07) is 0. The summed E-state index contributed by atoms with van der Waals surface area (Å²) in [5.74, 6) is 0. The summed E-state index contributed by atoms with van der Waals surface area (Å²) in [5, 5.41) is 17.8. The van der Waals surface area contributed by atoms with Gasteiger partial charge in [-0.25, -0.2) is 0 Å². The molecular formula is C9H17F3N2O2. The fourth-order valence-electron chi connectivity index (χ4n) is 1.74. The Balaban J connectivity index is 2.23. The van der Waals surface area contributed by atoms with Gasteiger partial charge in [-0.15, -0.1) is 0 Å². The number of β-amino-alcohol motifs (C(OH)–C–C–N with tert-alkyl or cyclic N) is 1. The highest BCUT2D eigenvalue weighted by molar-refractivity contribution is 4.75. The number of aliphatic hydroxyl groups excluding tert-OH is 2. The Bertz CT molecular complexity index is 205. The van der Waals surface area contributed by atoms with Gasteiger partial charge in [0.15, 0.2) is 0 Å². The van der Waals surface area contributed by atoms with Crippen molar-refractivity contribution in [2.24, 2.45) is 0 Å². The average molecular weight is 242 g/mol. The normalized spacial score (nSPS) is 22.3. The smallest absolute Gasteiger partial charge is 0.394 e. The highest BCUT2D eigenvalue weighted by Gasteiger charge is 2.32. The van der Waals surface area contributed by atoms with E-state index in [2.05, 4.69) is 0 Å². The van der Waals surface area contributed by atoms with Crippen LogP contribution in [0.1, 0.15) is 0 Å². The molecule has 1 atom stereocenters. The van der Waals surface area contributed by atoms with Crippen molar-refractivity contribution < 1.29 is 23.4 Å². The molecule has 0 aromatic rings. The van der Waals surface area contributed by atoms with Crippen LogP contribution in [0.2, 0.25) is 0 Å². The molecule has 0 spiro atoms. The summed E-state index contributed by atoms with van der Waals surface area (Å²) in [7, 11) is 0. The van der Waals surface area contributed by atoms with Gasteiger partial charge < -0.3 is 10.2 Å². The van der Waals surface area contributed by atoms with Gasteiger partial charge in [0.25, 0.3) is 0 Å². The minimum Gasteiger partial charge on any atom is -0.394 e. The van der Waals surface area contributed by atoms with Crippen LogP contribution in [0.15, 0.2) is 0 Å². The predicted molar refractivity (Wildman–Crippen MR) is 52.0 cm³/mol. The first-order chi connectivity index (χ1) is 7.40. The van der Waals surface area contributed by atoms with Crippen molar-refractivity contribution in [2.45, 2.75) is 12.3 Å². The molecule has 1 aliphatic rings. The standard InChI is InChI=1S/C9H17F3N2O2/c10-9(11,12)7-14-3-1-13(2-4-14)5-8(16)6-15/h8,15-16H,1-7H2. The summed E-state index contributed by atoms with van der Waals surface area (Å²) in [6.07, 6.45) is -4.96. The zero-order chi connectivity index (χ0) is 12.2. The summed E-state index contributed by atoms with van der Waals surface area (Å²) < 4.78 is 36.2. The number of alkyl halides is 3. The molecular weight excluding hydrogens is 225 g/mol. The molecule has 7 heteroatoms. The van der Waals surface area contributed by atoms with Crippen LogP contribution in [-0.4, -0.2) is 78.2 Å². The van der Waals surface area contributed by atoms with Crippen molar-refractivity contribution in [1.82, 2.24) is 9.80 Å². The van der Waals surface area contributed by atoms with Crippen LogP contribution in [0.4, 0.5) is 13.2 Å². The molecule has 2 N–H and O–H groups in total. The summed E-state index contributed by atoms with van der Waals surface area (Å²) in [4.78, 5) is 3.20. The maximum atomic E-state index is 12.1. The maximum absolute atomic E-state index is 12.1. The van der Waals surface area contributed by atoms with Crippen LogP contribution in [-0.2, 0) is 0 Å². The molecule has 0 radical (unpaired) electrons. The van der Waals surface area contributed by atoms with Crippen LogP contribution in [0.5, 0.6) is 0 Å². The number of hydrogen-bond acceptors (Lipinski definition) is 4. The molecule has 0 aromatic carbocycles. The van der Waals surface area contributed by atoms with Crippen LogP contribution in [0.25, 0.3) is 0 Å². The van der Waals surface area contributed by atoms with E-state index in [-0.39, 0.29) is 6.61 Å². The van der Waals surface area contributed by atoms with Gasteiger partial charge >= 0.3 is 6.18 Å². The van der Waals surface area contributed by atoms with Crippen molar-refractivity contribution in [3.63, 3.8) is 0 Å². The largest absolute Gasteiger partial charge is 0.401 e. The second-order valence-electron chi connectivity index (χ2n) is 4.03. The maximum Gasteiger partial charge on any atom is 0.401 e. The highest BCUT2D eigenvalue weighted by atomic mass is 19.4. The quantitative estimate of drug-likeness (QED) is 0.699. The molecule has 0 amide bonds. The van der Waals surface area contributed by atoms with E-state index < -0.39 is 18.8 Å². The lowest BCUT2D eigenvalue weighted by Crippen LogP contribution is -2.51. The molecule has 0 bridgehead atoms. The van der Waals surface area contributed by atoms with E-state index in [0.29, 0.717) is 32.7 Å².